The summed E-state index contributed by atoms with van der Waals surface area (Å²) in [6.07, 6.45) is -1.31. The first-order valence-electron chi connectivity index (χ1n) is 8.81. The van der Waals surface area contributed by atoms with Crippen LogP contribution in [0.1, 0.15) is 58.3 Å². The van der Waals surface area contributed by atoms with E-state index in [0.717, 1.165) is 5.56 Å². The molecule has 1 heterocycles. The fourth-order valence-corrected chi connectivity index (χ4v) is 2.99. The molecule has 1 aromatic rings. The van der Waals surface area contributed by atoms with Crippen LogP contribution in [0.4, 0.5) is 14.9 Å². The van der Waals surface area contributed by atoms with Crippen LogP contribution in [-0.2, 0) is 14.9 Å². The largest absolute Gasteiger partial charge is 0.444 e. The van der Waals surface area contributed by atoms with E-state index in [-0.39, 0.29) is 24.4 Å². The Kier molecular flexibility index (Phi) is 5.94. The summed E-state index contributed by atoms with van der Waals surface area (Å²) in [5.74, 6) is -0.0632. The van der Waals surface area contributed by atoms with Gasteiger partial charge in [0.2, 0.25) is 5.91 Å². The summed E-state index contributed by atoms with van der Waals surface area (Å²) in [6.45, 7) is 8.86. The number of rotatable bonds is 4. The summed E-state index contributed by atoms with van der Waals surface area (Å²) in [4.78, 5) is 23.5. The standard InChI is InChI=1S/C20H27FN2O4/c1-19(2,3)27-18(26)22-11-13(10-21)17(25)12-6-7-15-14(8-12)20(4,5)9-16(24)23-15/h6-8,10,17,25H,9,11H2,1-5H3,(H,22,26)(H,23,24)/b13-10+. The fourth-order valence-electron chi connectivity index (χ4n) is 2.99. The highest BCUT2D eigenvalue weighted by Crippen LogP contribution is 2.39. The highest BCUT2D eigenvalue weighted by Gasteiger charge is 2.32. The predicted molar refractivity (Wildman–Crippen MR) is 101 cm³/mol. The highest BCUT2D eigenvalue weighted by atomic mass is 19.1. The molecule has 27 heavy (non-hydrogen) atoms. The Morgan fingerprint density at radius 2 is 2.11 bits per heavy atom. The van der Waals surface area contributed by atoms with Gasteiger partial charge in [0.25, 0.3) is 0 Å². The van der Waals surface area contributed by atoms with E-state index in [1.165, 1.54) is 0 Å². The molecule has 1 aliphatic heterocycles. The molecule has 7 heteroatoms. The molecule has 3 N–H and O–H groups in total. The SMILES string of the molecule is CC(C)(C)OC(=O)NC/C(=C\F)C(O)c1ccc2c(c1)C(C)(C)CC(=O)N2. The van der Waals surface area contributed by atoms with Crippen molar-refractivity contribution >= 4 is 17.7 Å². The van der Waals surface area contributed by atoms with E-state index in [2.05, 4.69) is 10.6 Å². The van der Waals surface area contributed by atoms with Gasteiger partial charge in [0.05, 0.1) is 6.33 Å². The molecule has 0 spiro atoms. The second-order valence-corrected chi connectivity index (χ2v) is 8.36. The topological polar surface area (TPSA) is 87.7 Å². The summed E-state index contributed by atoms with van der Waals surface area (Å²) in [5.41, 5.74) is 0.964. The first kappa shape index (κ1) is 20.9. The lowest BCUT2D eigenvalue weighted by molar-refractivity contribution is -0.117. The predicted octanol–water partition coefficient (Wildman–Crippen LogP) is 3.72. The van der Waals surface area contributed by atoms with E-state index < -0.39 is 23.2 Å². The highest BCUT2D eigenvalue weighted by molar-refractivity contribution is 5.95. The Hall–Kier alpha value is -2.41. The first-order valence-corrected chi connectivity index (χ1v) is 8.81. The van der Waals surface area contributed by atoms with Crippen molar-refractivity contribution in [3.63, 3.8) is 0 Å². The second kappa shape index (κ2) is 7.68. The monoisotopic (exact) mass is 378 g/mol. The normalized spacial score (nSPS) is 17.6. The minimum atomic E-state index is -1.23. The van der Waals surface area contributed by atoms with Crippen molar-refractivity contribution in [3.8, 4) is 0 Å². The number of ether oxygens (including phenoxy) is 1. The minimum Gasteiger partial charge on any atom is -0.444 e. The van der Waals surface area contributed by atoms with Crippen molar-refractivity contribution in [2.45, 2.75) is 58.2 Å². The molecule has 148 valence electrons. The maximum absolute atomic E-state index is 13.4. The number of hydrogen-bond acceptors (Lipinski definition) is 4. The number of halogens is 1. The minimum absolute atomic E-state index is 0.00143. The van der Waals surface area contributed by atoms with Crippen LogP contribution < -0.4 is 10.6 Å². The molecule has 0 aromatic heterocycles. The molecule has 0 bridgehead atoms. The molecule has 2 amide bonds. The number of hydrogen-bond donors (Lipinski definition) is 3. The van der Waals surface area contributed by atoms with Gasteiger partial charge in [-0.2, -0.15) is 0 Å². The van der Waals surface area contributed by atoms with Crippen molar-refractivity contribution in [1.82, 2.24) is 5.32 Å². The summed E-state index contributed by atoms with van der Waals surface area (Å²) in [5, 5.41) is 15.8. The number of alkyl carbamates (subject to hydrolysis) is 1. The van der Waals surface area contributed by atoms with Crippen molar-refractivity contribution in [3.05, 3.63) is 41.2 Å². The van der Waals surface area contributed by atoms with Crippen LogP contribution in [0, 0.1) is 0 Å². The zero-order chi connectivity index (χ0) is 20.4. The Morgan fingerprint density at radius 1 is 1.44 bits per heavy atom. The maximum atomic E-state index is 13.4. The van der Waals surface area contributed by atoms with Crippen molar-refractivity contribution in [1.29, 1.82) is 0 Å². The van der Waals surface area contributed by atoms with Crippen molar-refractivity contribution in [2.75, 3.05) is 11.9 Å². The Labute approximate surface area is 158 Å². The Balaban J connectivity index is 2.15. The second-order valence-electron chi connectivity index (χ2n) is 8.36. The van der Waals surface area contributed by atoms with Crippen LogP contribution in [0.5, 0.6) is 0 Å². The Morgan fingerprint density at radius 3 is 2.70 bits per heavy atom. The lowest BCUT2D eigenvalue weighted by atomic mass is 9.77. The molecule has 1 unspecified atom stereocenters. The molecule has 0 fully saturated rings. The van der Waals surface area contributed by atoms with E-state index in [0.29, 0.717) is 17.7 Å². The van der Waals surface area contributed by atoms with Crippen LogP contribution in [0.2, 0.25) is 0 Å². The third kappa shape index (κ3) is 5.29. The van der Waals surface area contributed by atoms with Crippen LogP contribution in [-0.4, -0.2) is 29.3 Å². The molecule has 0 radical (unpaired) electrons. The molecule has 6 nitrogen and oxygen atoms in total. The van der Waals surface area contributed by atoms with E-state index in [9.17, 15) is 19.1 Å². The molecule has 0 saturated carbocycles. The molecule has 0 saturated heterocycles. The first-order chi connectivity index (χ1) is 12.4. The number of amides is 2. The number of aliphatic hydroxyl groups is 1. The van der Waals surface area contributed by atoms with Crippen LogP contribution in [0.15, 0.2) is 30.1 Å². The van der Waals surface area contributed by atoms with E-state index in [4.69, 9.17) is 4.74 Å². The summed E-state index contributed by atoms with van der Waals surface area (Å²) < 4.78 is 18.5. The van der Waals surface area contributed by atoms with Gasteiger partial charge in [0, 0.05) is 29.6 Å². The van der Waals surface area contributed by atoms with Gasteiger partial charge < -0.3 is 20.5 Å². The summed E-state index contributed by atoms with van der Waals surface area (Å²) in [6, 6.07) is 5.09. The fraction of sp³-hybridized carbons (Fsp3) is 0.500. The molecular formula is C20H27FN2O4. The van der Waals surface area contributed by atoms with E-state index in [1.54, 1.807) is 39.0 Å². The van der Waals surface area contributed by atoms with Crippen molar-refractivity contribution in [2.24, 2.45) is 0 Å². The van der Waals surface area contributed by atoms with Gasteiger partial charge >= 0.3 is 6.09 Å². The van der Waals surface area contributed by atoms with Gasteiger partial charge in [0.15, 0.2) is 0 Å². The molecule has 1 aromatic carbocycles. The van der Waals surface area contributed by atoms with Crippen LogP contribution in [0.3, 0.4) is 0 Å². The van der Waals surface area contributed by atoms with Gasteiger partial charge in [-0.05, 0) is 38.0 Å². The zero-order valence-corrected chi connectivity index (χ0v) is 16.4. The number of benzene rings is 1. The Bertz CT molecular complexity index is 766. The number of anilines is 1. The quantitative estimate of drug-likeness (QED) is 0.745. The summed E-state index contributed by atoms with van der Waals surface area (Å²) in [7, 11) is 0. The third-order valence-electron chi connectivity index (χ3n) is 4.29. The lowest BCUT2D eigenvalue weighted by Gasteiger charge is -2.33. The average molecular weight is 378 g/mol. The number of carbonyl (C=O) groups is 2. The van der Waals surface area contributed by atoms with Gasteiger partial charge in [-0.25, -0.2) is 9.18 Å². The van der Waals surface area contributed by atoms with Gasteiger partial charge in [-0.3, -0.25) is 4.79 Å². The summed E-state index contributed by atoms with van der Waals surface area (Å²) >= 11 is 0. The average Bonchev–Trinajstić information content (AvgIpc) is 2.52. The zero-order valence-electron chi connectivity index (χ0n) is 16.4. The molecule has 0 aliphatic carbocycles. The third-order valence-corrected chi connectivity index (χ3v) is 4.29. The molecule has 1 atom stereocenters. The van der Waals surface area contributed by atoms with Crippen LogP contribution >= 0.6 is 0 Å². The van der Waals surface area contributed by atoms with Gasteiger partial charge in [-0.1, -0.05) is 26.0 Å². The van der Waals surface area contributed by atoms with Crippen molar-refractivity contribution < 1.29 is 23.8 Å². The maximum Gasteiger partial charge on any atom is 0.407 e. The number of aliphatic hydroxyl groups excluding tert-OH is 1. The van der Waals surface area contributed by atoms with E-state index in [1.807, 2.05) is 13.8 Å². The molecule has 2 rings (SSSR count). The number of nitrogens with one attached hydrogen (secondary N) is 2. The molecule has 1 aliphatic rings. The van der Waals surface area contributed by atoms with Crippen LogP contribution in [0.25, 0.3) is 0 Å². The smallest absolute Gasteiger partial charge is 0.407 e. The number of carbonyl (C=O) groups excluding carboxylic acids is 2. The van der Waals surface area contributed by atoms with Gasteiger partial charge in [-0.15, -0.1) is 0 Å². The number of fused-ring (bicyclic) bond motifs is 1. The van der Waals surface area contributed by atoms with Gasteiger partial charge in [0.1, 0.15) is 11.7 Å². The lowest BCUT2D eigenvalue weighted by Crippen LogP contribution is -2.34. The van der Waals surface area contributed by atoms with E-state index >= 15 is 0 Å². The molecular weight excluding hydrogens is 351 g/mol.